The van der Waals surface area contributed by atoms with Gasteiger partial charge in [-0.1, -0.05) is 13.3 Å². The van der Waals surface area contributed by atoms with Crippen LogP contribution in [0.3, 0.4) is 0 Å². The molecule has 0 spiro atoms. The number of H-pyrrole nitrogens is 1. The average molecular weight is 208 g/mol. The van der Waals surface area contributed by atoms with Crippen molar-refractivity contribution in [2.75, 3.05) is 0 Å². The number of carbonyl (C=O) groups is 1. The molecule has 4 nitrogen and oxygen atoms in total. The Hall–Kier alpha value is -1.32. The van der Waals surface area contributed by atoms with E-state index in [1.165, 1.54) is 19.0 Å². The lowest BCUT2D eigenvalue weighted by atomic mass is 10.1. The lowest BCUT2D eigenvalue weighted by Crippen LogP contribution is -2.14. The summed E-state index contributed by atoms with van der Waals surface area (Å²) in [5.74, 6) is 0.470. The molecule has 0 amide bonds. The van der Waals surface area contributed by atoms with Crippen LogP contribution in [0.15, 0.2) is 12.4 Å². The highest BCUT2D eigenvalue weighted by Gasteiger charge is 2.26. The highest BCUT2D eigenvalue weighted by atomic mass is 16.5. The number of aromatic amines is 1. The van der Waals surface area contributed by atoms with Crippen molar-refractivity contribution in [2.45, 2.75) is 38.7 Å². The van der Waals surface area contributed by atoms with Gasteiger partial charge < -0.3 is 4.74 Å². The van der Waals surface area contributed by atoms with Gasteiger partial charge >= 0.3 is 5.97 Å². The van der Waals surface area contributed by atoms with Gasteiger partial charge in [-0.25, -0.2) is 4.79 Å². The maximum absolute atomic E-state index is 11.6. The molecule has 1 fully saturated rings. The molecule has 15 heavy (non-hydrogen) atoms. The van der Waals surface area contributed by atoms with Crippen LogP contribution in [0.25, 0.3) is 0 Å². The Balaban J connectivity index is 1.86. The minimum atomic E-state index is -0.259. The van der Waals surface area contributed by atoms with Gasteiger partial charge in [0.2, 0.25) is 0 Å². The van der Waals surface area contributed by atoms with Crippen molar-refractivity contribution in [3.8, 4) is 0 Å². The van der Waals surface area contributed by atoms with Crippen LogP contribution in [0, 0.1) is 5.92 Å². The van der Waals surface area contributed by atoms with Gasteiger partial charge in [0.25, 0.3) is 0 Å². The Morgan fingerprint density at radius 1 is 1.67 bits per heavy atom. The van der Waals surface area contributed by atoms with Gasteiger partial charge in [0.15, 0.2) is 0 Å². The van der Waals surface area contributed by atoms with Crippen molar-refractivity contribution in [3.05, 3.63) is 18.0 Å². The minimum Gasteiger partial charge on any atom is -0.459 e. The molecule has 0 aromatic carbocycles. The zero-order valence-electron chi connectivity index (χ0n) is 8.90. The van der Waals surface area contributed by atoms with E-state index in [9.17, 15) is 4.79 Å². The third-order valence-corrected chi connectivity index (χ3v) is 3.08. The second-order valence-electron chi connectivity index (χ2n) is 4.10. The monoisotopic (exact) mass is 208 g/mol. The Labute approximate surface area is 89.0 Å². The first kappa shape index (κ1) is 10.2. The van der Waals surface area contributed by atoms with Crippen molar-refractivity contribution in [1.82, 2.24) is 10.2 Å². The first-order valence-electron chi connectivity index (χ1n) is 5.49. The summed E-state index contributed by atoms with van der Waals surface area (Å²) in [5, 5.41) is 6.33. The van der Waals surface area contributed by atoms with Crippen LogP contribution < -0.4 is 0 Å². The molecule has 1 N–H and O–H groups in total. The van der Waals surface area contributed by atoms with Crippen LogP contribution in [-0.2, 0) is 4.74 Å². The zero-order chi connectivity index (χ0) is 10.7. The molecule has 0 radical (unpaired) electrons. The van der Waals surface area contributed by atoms with E-state index < -0.39 is 0 Å². The average Bonchev–Trinajstić information content (AvgIpc) is 2.87. The lowest BCUT2D eigenvalue weighted by Gasteiger charge is -2.11. The summed E-state index contributed by atoms with van der Waals surface area (Å²) in [7, 11) is 0. The fraction of sp³-hybridized carbons (Fsp3) is 0.636. The SMILES string of the molecule is CC[C@H]1CC[C@@H](OC(=O)c2cn[nH]c2)C1. The molecule has 1 heterocycles. The number of nitrogens with zero attached hydrogens (tertiary/aromatic N) is 1. The van der Waals surface area contributed by atoms with Gasteiger partial charge in [-0.15, -0.1) is 0 Å². The van der Waals surface area contributed by atoms with E-state index >= 15 is 0 Å². The molecule has 2 rings (SSSR count). The lowest BCUT2D eigenvalue weighted by molar-refractivity contribution is 0.0309. The summed E-state index contributed by atoms with van der Waals surface area (Å²) in [6, 6.07) is 0. The van der Waals surface area contributed by atoms with Crippen molar-refractivity contribution < 1.29 is 9.53 Å². The maximum Gasteiger partial charge on any atom is 0.341 e. The van der Waals surface area contributed by atoms with Crippen LogP contribution >= 0.6 is 0 Å². The summed E-state index contributed by atoms with van der Waals surface area (Å²) in [6.45, 7) is 2.19. The molecule has 1 aromatic heterocycles. The second-order valence-corrected chi connectivity index (χ2v) is 4.10. The molecule has 1 aromatic rings. The number of hydrogen-bond donors (Lipinski definition) is 1. The van der Waals surface area contributed by atoms with Crippen LogP contribution in [0.4, 0.5) is 0 Å². The largest absolute Gasteiger partial charge is 0.459 e. The highest BCUT2D eigenvalue weighted by Crippen LogP contribution is 2.30. The fourth-order valence-electron chi connectivity index (χ4n) is 2.09. The van der Waals surface area contributed by atoms with E-state index in [1.54, 1.807) is 6.20 Å². The van der Waals surface area contributed by atoms with Gasteiger partial charge in [0, 0.05) is 6.20 Å². The Morgan fingerprint density at radius 2 is 2.53 bits per heavy atom. The standard InChI is InChI=1S/C11H16N2O2/c1-2-8-3-4-10(5-8)15-11(14)9-6-12-13-7-9/h6-8,10H,2-5H2,1H3,(H,12,13)/t8-,10+/m0/s1. The Bertz CT molecular complexity index is 321. The summed E-state index contributed by atoms with van der Waals surface area (Å²) in [4.78, 5) is 11.6. The van der Waals surface area contributed by atoms with Gasteiger partial charge in [-0.05, 0) is 25.2 Å². The number of ether oxygens (including phenoxy) is 1. The van der Waals surface area contributed by atoms with Gasteiger partial charge in [-0.3, -0.25) is 5.10 Å². The van der Waals surface area contributed by atoms with E-state index in [0.29, 0.717) is 5.56 Å². The maximum atomic E-state index is 11.6. The van der Waals surface area contributed by atoms with Crippen molar-refractivity contribution in [1.29, 1.82) is 0 Å². The second kappa shape index (κ2) is 4.47. The molecule has 1 saturated carbocycles. The van der Waals surface area contributed by atoms with E-state index in [1.807, 2.05) is 0 Å². The molecular formula is C11H16N2O2. The minimum absolute atomic E-state index is 0.109. The number of carbonyl (C=O) groups excluding carboxylic acids is 1. The number of esters is 1. The Morgan fingerprint density at radius 3 is 3.13 bits per heavy atom. The fourth-order valence-corrected chi connectivity index (χ4v) is 2.09. The number of nitrogens with one attached hydrogen (secondary N) is 1. The first-order chi connectivity index (χ1) is 7.29. The first-order valence-corrected chi connectivity index (χ1v) is 5.49. The Kier molecular flexibility index (Phi) is 3.04. The van der Waals surface area contributed by atoms with E-state index in [2.05, 4.69) is 17.1 Å². The number of rotatable bonds is 3. The normalized spacial score (nSPS) is 25.4. The van der Waals surface area contributed by atoms with Crippen molar-refractivity contribution in [2.24, 2.45) is 5.92 Å². The van der Waals surface area contributed by atoms with Crippen LogP contribution in [0.1, 0.15) is 43.0 Å². The van der Waals surface area contributed by atoms with Crippen LogP contribution in [0.2, 0.25) is 0 Å². The van der Waals surface area contributed by atoms with E-state index in [0.717, 1.165) is 18.8 Å². The third-order valence-electron chi connectivity index (χ3n) is 3.08. The molecule has 4 heteroatoms. The predicted molar refractivity (Wildman–Crippen MR) is 55.4 cm³/mol. The molecular weight excluding hydrogens is 192 g/mol. The molecule has 1 aliphatic rings. The molecule has 0 saturated heterocycles. The quantitative estimate of drug-likeness (QED) is 0.774. The van der Waals surface area contributed by atoms with Crippen molar-refractivity contribution >= 4 is 5.97 Å². The zero-order valence-corrected chi connectivity index (χ0v) is 8.90. The molecule has 1 aliphatic carbocycles. The number of hydrogen-bond acceptors (Lipinski definition) is 3. The molecule has 0 unspecified atom stereocenters. The van der Waals surface area contributed by atoms with Crippen LogP contribution in [0.5, 0.6) is 0 Å². The molecule has 2 atom stereocenters. The van der Waals surface area contributed by atoms with Crippen LogP contribution in [-0.4, -0.2) is 22.3 Å². The third kappa shape index (κ3) is 2.37. The van der Waals surface area contributed by atoms with E-state index in [4.69, 9.17) is 4.74 Å². The molecule has 0 bridgehead atoms. The predicted octanol–water partition coefficient (Wildman–Crippen LogP) is 2.15. The summed E-state index contributed by atoms with van der Waals surface area (Å²) in [5.41, 5.74) is 0.509. The smallest absolute Gasteiger partial charge is 0.341 e. The topological polar surface area (TPSA) is 55.0 Å². The van der Waals surface area contributed by atoms with E-state index in [-0.39, 0.29) is 12.1 Å². The summed E-state index contributed by atoms with van der Waals surface area (Å²) in [6.07, 6.45) is 7.54. The highest BCUT2D eigenvalue weighted by molar-refractivity contribution is 5.88. The van der Waals surface area contributed by atoms with Gasteiger partial charge in [0.1, 0.15) is 6.10 Å². The molecule has 0 aliphatic heterocycles. The summed E-state index contributed by atoms with van der Waals surface area (Å²) >= 11 is 0. The number of aromatic nitrogens is 2. The van der Waals surface area contributed by atoms with Gasteiger partial charge in [0.05, 0.1) is 11.8 Å². The molecule has 82 valence electrons. The summed E-state index contributed by atoms with van der Waals surface area (Å²) < 4.78 is 5.39. The van der Waals surface area contributed by atoms with Gasteiger partial charge in [-0.2, -0.15) is 5.10 Å². The van der Waals surface area contributed by atoms with Crippen molar-refractivity contribution in [3.63, 3.8) is 0 Å².